The van der Waals surface area contributed by atoms with E-state index in [9.17, 15) is 43.2 Å². The second-order valence-electron chi connectivity index (χ2n) is 31.2. The number of aliphatic hydroxyl groups excluding tert-OH is 1. The molecule has 3 N–H and O–H groups in total. The first-order valence-corrected chi connectivity index (χ1v) is 46.5. The lowest BCUT2D eigenvalue weighted by Gasteiger charge is -2.21. The predicted octanol–water partition coefficient (Wildman–Crippen LogP) is 25.5. The van der Waals surface area contributed by atoms with Crippen molar-refractivity contribution in [1.29, 1.82) is 0 Å². The van der Waals surface area contributed by atoms with E-state index >= 15 is 0 Å². The van der Waals surface area contributed by atoms with Gasteiger partial charge in [0, 0.05) is 25.7 Å². The van der Waals surface area contributed by atoms with Gasteiger partial charge in [-0.05, 0) is 37.5 Å². The van der Waals surface area contributed by atoms with Gasteiger partial charge in [0.1, 0.15) is 19.3 Å². The van der Waals surface area contributed by atoms with Crippen LogP contribution in [0, 0.1) is 11.8 Å². The maximum Gasteiger partial charge on any atom is 0.472 e. The lowest BCUT2D eigenvalue weighted by molar-refractivity contribution is -0.161. The van der Waals surface area contributed by atoms with Crippen molar-refractivity contribution >= 4 is 39.5 Å². The van der Waals surface area contributed by atoms with Crippen molar-refractivity contribution in [2.45, 2.75) is 464 Å². The van der Waals surface area contributed by atoms with Crippen molar-refractivity contribution in [2.24, 2.45) is 11.8 Å². The highest BCUT2D eigenvalue weighted by Gasteiger charge is 2.30. The molecule has 103 heavy (non-hydrogen) atoms. The Kier molecular flexibility index (Phi) is 74.1. The van der Waals surface area contributed by atoms with Gasteiger partial charge in [-0.25, -0.2) is 9.13 Å². The molecule has 612 valence electrons. The molecule has 5 atom stereocenters. The number of hydrogen-bond donors (Lipinski definition) is 3. The molecular weight excluding hydrogens is 1340 g/mol. The Labute approximate surface area is 632 Å². The molecule has 0 aliphatic heterocycles. The summed E-state index contributed by atoms with van der Waals surface area (Å²) in [6.45, 7) is 9.70. The third-order valence-electron chi connectivity index (χ3n) is 19.7. The Bertz CT molecular complexity index is 1980. The van der Waals surface area contributed by atoms with Crippen LogP contribution in [0.2, 0.25) is 0 Å². The fourth-order valence-corrected chi connectivity index (χ4v) is 14.6. The molecule has 0 saturated heterocycles. The van der Waals surface area contributed by atoms with Crippen LogP contribution in [0.4, 0.5) is 0 Å². The second-order valence-corrected chi connectivity index (χ2v) is 34.1. The fourth-order valence-electron chi connectivity index (χ4n) is 13.1. The van der Waals surface area contributed by atoms with E-state index < -0.39 is 97.5 Å². The summed E-state index contributed by atoms with van der Waals surface area (Å²) in [4.78, 5) is 73.2. The molecular formula is C84H164O17P2. The minimum atomic E-state index is -4.96. The van der Waals surface area contributed by atoms with Crippen molar-refractivity contribution in [3.63, 3.8) is 0 Å². The van der Waals surface area contributed by atoms with Crippen LogP contribution in [0.25, 0.3) is 0 Å². The van der Waals surface area contributed by atoms with Gasteiger partial charge < -0.3 is 33.8 Å². The Balaban J connectivity index is 5.26. The van der Waals surface area contributed by atoms with E-state index in [2.05, 4.69) is 41.5 Å². The van der Waals surface area contributed by atoms with Gasteiger partial charge in [0.05, 0.1) is 26.4 Å². The van der Waals surface area contributed by atoms with E-state index in [1.165, 1.54) is 263 Å². The standard InChI is InChI=1S/C84H164O17P2/c1-7-9-11-13-15-17-19-21-22-23-24-25-26-31-38-44-50-56-62-68-83(88)100-80(73-95-82(87)67-61-55-49-43-37-32-27-29-34-40-46-52-58-64-76(3)4)75-99-103(92,93)97-71-78(85)70-96-102(90,91)98-74-79(72-94-81(86)66-60-54-48-42-36-20-18-16-14-12-10-8-2)101-84(89)69-63-57-51-45-39-33-28-30-35-41-47-53-59-65-77(5)6/h76-80,85H,7-75H2,1-6H3,(H,90,91)(H,92,93)/t78-,79+,80+/m0/s1. The quantitative estimate of drug-likeness (QED) is 0.0222. The average molecular weight is 1510 g/mol. The third-order valence-corrected chi connectivity index (χ3v) is 21.6. The summed E-state index contributed by atoms with van der Waals surface area (Å²) in [6.07, 6.45) is 66.5. The molecule has 0 amide bonds. The number of phosphoric ester groups is 2. The van der Waals surface area contributed by atoms with Gasteiger partial charge in [0.2, 0.25) is 0 Å². The predicted molar refractivity (Wildman–Crippen MR) is 423 cm³/mol. The van der Waals surface area contributed by atoms with Gasteiger partial charge in [0.15, 0.2) is 12.2 Å². The number of phosphoric acid groups is 2. The zero-order chi connectivity index (χ0) is 75.6. The molecule has 0 aliphatic rings. The molecule has 0 spiro atoms. The minimum Gasteiger partial charge on any atom is -0.462 e. The van der Waals surface area contributed by atoms with Crippen molar-refractivity contribution in [3.05, 3.63) is 0 Å². The number of unbranched alkanes of at least 4 members (excludes halogenated alkanes) is 53. The average Bonchev–Trinajstić information content (AvgIpc) is 0.953. The molecule has 0 bridgehead atoms. The topological polar surface area (TPSA) is 237 Å². The molecule has 0 aromatic rings. The normalized spacial score (nSPS) is 13.9. The highest BCUT2D eigenvalue weighted by Crippen LogP contribution is 2.45. The molecule has 0 fully saturated rings. The Morgan fingerprint density at radius 1 is 0.262 bits per heavy atom. The molecule has 19 heteroatoms. The van der Waals surface area contributed by atoms with Crippen molar-refractivity contribution in [1.82, 2.24) is 0 Å². The van der Waals surface area contributed by atoms with Crippen LogP contribution in [-0.4, -0.2) is 96.7 Å². The largest absolute Gasteiger partial charge is 0.472 e. The zero-order valence-corrected chi connectivity index (χ0v) is 69.4. The summed E-state index contributed by atoms with van der Waals surface area (Å²) in [7, 11) is -9.93. The van der Waals surface area contributed by atoms with Crippen LogP contribution in [0.5, 0.6) is 0 Å². The molecule has 17 nitrogen and oxygen atoms in total. The van der Waals surface area contributed by atoms with Crippen LogP contribution < -0.4 is 0 Å². The first kappa shape index (κ1) is 101. The molecule has 0 rings (SSSR count). The minimum absolute atomic E-state index is 0.108. The maximum atomic E-state index is 13.1. The lowest BCUT2D eigenvalue weighted by atomic mass is 10.0. The summed E-state index contributed by atoms with van der Waals surface area (Å²) < 4.78 is 68.9. The van der Waals surface area contributed by atoms with E-state index in [-0.39, 0.29) is 25.7 Å². The monoisotopic (exact) mass is 1510 g/mol. The van der Waals surface area contributed by atoms with Crippen molar-refractivity contribution < 1.29 is 80.2 Å². The van der Waals surface area contributed by atoms with Crippen LogP contribution >= 0.6 is 15.6 Å². The van der Waals surface area contributed by atoms with Gasteiger partial charge in [-0.15, -0.1) is 0 Å². The zero-order valence-electron chi connectivity index (χ0n) is 67.6. The SMILES string of the molecule is CCCCCCCCCCCCCCCCCCCCCC(=O)O[C@H](COC(=O)CCCCCCCCCCCCCCCC(C)C)COP(=O)(O)OC[C@@H](O)COP(=O)(O)OC[C@@H](COC(=O)CCCCCCCCCCCCCC)OC(=O)CCCCCCCCCCCCCCCC(C)C. The smallest absolute Gasteiger partial charge is 0.462 e. The Morgan fingerprint density at radius 2 is 0.447 bits per heavy atom. The van der Waals surface area contributed by atoms with Gasteiger partial charge in [-0.3, -0.25) is 37.3 Å². The highest BCUT2D eigenvalue weighted by atomic mass is 31.2. The van der Waals surface area contributed by atoms with E-state index in [1.54, 1.807) is 0 Å². The van der Waals surface area contributed by atoms with Crippen LogP contribution in [0.15, 0.2) is 0 Å². The number of carbonyl (C=O) groups excluding carboxylic acids is 4. The Morgan fingerprint density at radius 3 is 0.660 bits per heavy atom. The molecule has 2 unspecified atom stereocenters. The number of carbonyl (C=O) groups is 4. The molecule has 0 heterocycles. The number of esters is 4. The number of ether oxygens (including phenoxy) is 4. The summed E-state index contributed by atoms with van der Waals surface area (Å²) in [5.74, 6) is -0.525. The van der Waals surface area contributed by atoms with Gasteiger partial charge in [-0.2, -0.15) is 0 Å². The Hall–Kier alpha value is -1.94. The van der Waals surface area contributed by atoms with E-state index in [1.807, 2.05) is 0 Å². The maximum absolute atomic E-state index is 13.1. The van der Waals surface area contributed by atoms with Crippen LogP contribution in [0.3, 0.4) is 0 Å². The van der Waals surface area contributed by atoms with E-state index in [0.29, 0.717) is 25.7 Å². The number of aliphatic hydroxyl groups is 1. The third kappa shape index (κ3) is 78.0. The summed E-state index contributed by atoms with van der Waals surface area (Å²) in [5.41, 5.74) is 0. The molecule has 0 saturated carbocycles. The van der Waals surface area contributed by atoms with Gasteiger partial charge >= 0.3 is 39.5 Å². The highest BCUT2D eigenvalue weighted by molar-refractivity contribution is 7.47. The molecule has 0 aliphatic carbocycles. The van der Waals surface area contributed by atoms with Crippen LogP contribution in [-0.2, 0) is 65.4 Å². The lowest BCUT2D eigenvalue weighted by Crippen LogP contribution is -2.30. The summed E-state index contributed by atoms with van der Waals surface area (Å²) in [5, 5.41) is 10.7. The first-order chi connectivity index (χ1) is 49.9. The molecule has 0 aromatic heterocycles. The van der Waals surface area contributed by atoms with E-state index in [4.69, 9.17) is 37.0 Å². The van der Waals surface area contributed by atoms with E-state index in [0.717, 1.165) is 102 Å². The second kappa shape index (κ2) is 75.5. The number of rotatable bonds is 83. The summed E-state index contributed by atoms with van der Waals surface area (Å²) in [6, 6.07) is 0. The molecule has 0 aromatic carbocycles. The van der Waals surface area contributed by atoms with Crippen LogP contribution in [0.1, 0.15) is 446 Å². The first-order valence-electron chi connectivity index (χ1n) is 43.5. The molecule has 0 radical (unpaired) electrons. The van der Waals surface area contributed by atoms with Gasteiger partial charge in [0.25, 0.3) is 0 Å². The number of hydrogen-bond acceptors (Lipinski definition) is 15. The fraction of sp³-hybridized carbons (Fsp3) is 0.952. The summed E-state index contributed by atoms with van der Waals surface area (Å²) >= 11 is 0. The van der Waals surface area contributed by atoms with Gasteiger partial charge in [-0.1, -0.05) is 395 Å². The van der Waals surface area contributed by atoms with Crippen molar-refractivity contribution in [3.8, 4) is 0 Å². The van der Waals surface area contributed by atoms with Crippen molar-refractivity contribution in [2.75, 3.05) is 39.6 Å².